The molecule has 0 aliphatic rings. The summed E-state index contributed by atoms with van der Waals surface area (Å²) in [6, 6.07) is 0. The average Bonchev–Trinajstić information content (AvgIpc) is 2.27. The van der Waals surface area contributed by atoms with Crippen LogP contribution < -0.4 is 0 Å². The van der Waals surface area contributed by atoms with E-state index >= 15 is 0 Å². The molecular weight excluding hydrogens is 204 g/mol. The summed E-state index contributed by atoms with van der Waals surface area (Å²) in [4.78, 5) is 11.3. The van der Waals surface area contributed by atoms with Crippen LogP contribution in [-0.4, -0.2) is 25.3 Å². The van der Waals surface area contributed by atoms with E-state index in [1.807, 2.05) is 13.8 Å². The van der Waals surface area contributed by atoms with Gasteiger partial charge in [-0.3, -0.25) is 4.79 Å². The Kier molecular flexibility index (Phi) is 10.1. The molecule has 0 aliphatic carbocycles. The number of hydrogen-bond acceptors (Lipinski definition) is 3. The van der Waals surface area contributed by atoms with E-state index in [-0.39, 0.29) is 5.78 Å². The Hall–Kier alpha value is -0.850. The summed E-state index contributed by atoms with van der Waals surface area (Å²) in [7, 11) is 0. The van der Waals surface area contributed by atoms with Gasteiger partial charge in [0.1, 0.15) is 0 Å². The predicted molar refractivity (Wildman–Crippen MR) is 64.0 cm³/mol. The Labute approximate surface area is 98.5 Å². The lowest BCUT2D eigenvalue weighted by Gasteiger charge is -2.09. The van der Waals surface area contributed by atoms with Gasteiger partial charge in [0.25, 0.3) is 0 Å². The number of hydrogen-bond donors (Lipinski definition) is 0. The smallest absolute Gasteiger partial charge is 0.222 e. The molecule has 0 N–H and O–H groups in total. The van der Waals surface area contributed by atoms with Gasteiger partial charge in [-0.25, -0.2) is 0 Å². The van der Waals surface area contributed by atoms with Gasteiger partial charge < -0.3 is 9.47 Å². The Morgan fingerprint density at radius 2 is 1.75 bits per heavy atom. The van der Waals surface area contributed by atoms with Crippen molar-refractivity contribution in [1.29, 1.82) is 0 Å². The lowest BCUT2D eigenvalue weighted by Crippen LogP contribution is -2.15. The molecule has 3 nitrogen and oxygen atoms in total. The molecule has 0 radical (unpaired) electrons. The van der Waals surface area contributed by atoms with Crippen LogP contribution in [0, 0.1) is 11.8 Å². The first-order chi connectivity index (χ1) is 7.74. The van der Waals surface area contributed by atoms with Crippen molar-refractivity contribution < 1.29 is 14.3 Å². The largest absolute Gasteiger partial charge is 0.342 e. The molecule has 0 bridgehead atoms. The van der Waals surface area contributed by atoms with Gasteiger partial charge in [-0.15, -0.1) is 0 Å². The number of ether oxygens (including phenoxy) is 2. The Morgan fingerprint density at radius 3 is 2.25 bits per heavy atom. The van der Waals surface area contributed by atoms with E-state index in [4.69, 9.17) is 9.47 Å². The molecule has 0 heterocycles. The van der Waals surface area contributed by atoms with Crippen molar-refractivity contribution in [2.45, 2.75) is 52.7 Å². The lowest BCUT2D eigenvalue weighted by molar-refractivity contribution is -0.114. The molecule has 92 valence electrons. The van der Waals surface area contributed by atoms with E-state index in [9.17, 15) is 4.79 Å². The van der Waals surface area contributed by atoms with Gasteiger partial charge in [0.05, 0.1) is 0 Å². The summed E-state index contributed by atoms with van der Waals surface area (Å²) in [6.07, 6.45) is 3.07. The van der Waals surface area contributed by atoms with Crippen LogP contribution in [0.5, 0.6) is 0 Å². The minimum atomic E-state index is -0.565. The second kappa shape index (κ2) is 10.7. The molecule has 0 saturated heterocycles. The van der Waals surface area contributed by atoms with Gasteiger partial charge in [0, 0.05) is 19.6 Å². The highest BCUT2D eigenvalue weighted by Crippen LogP contribution is 1.99. The zero-order valence-electron chi connectivity index (χ0n) is 10.5. The first-order valence-corrected chi connectivity index (χ1v) is 6.02. The van der Waals surface area contributed by atoms with E-state index < -0.39 is 6.29 Å². The fourth-order valence-electron chi connectivity index (χ4n) is 1.17. The minimum absolute atomic E-state index is 0.0298. The molecule has 0 aromatic carbocycles. The monoisotopic (exact) mass is 226 g/mol. The highest BCUT2D eigenvalue weighted by atomic mass is 16.7. The molecule has 0 amide bonds. The van der Waals surface area contributed by atoms with Crippen LogP contribution in [0.25, 0.3) is 0 Å². The molecule has 3 heteroatoms. The Bertz CT molecular complexity index is 231. The van der Waals surface area contributed by atoms with Crippen LogP contribution in [-0.2, 0) is 14.3 Å². The van der Waals surface area contributed by atoms with Crippen LogP contribution in [0.4, 0.5) is 0 Å². The van der Waals surface area contributed by atoms with Crippen LogP contribution in [0.1, 0.15) is 46.5 Å². The van der Waals surface area contributed by atoms with Gasteiger partial charge in [-0.05, 0) is 32.1 Å². The molecule has 0 aromatic heterocycles. The van der Waals surface area contributed by atoms with Crippen molar-refractivity contribution in [3.05, 3.63) is 0 Å². The zero-order chi connectivity index (χ0) is 12.2. The third kappa shape index (κ3) is 8.46. The SMILES string of the molecule is CCCCCC(=O)C#CC(OCC)OCC. The van der Waals surface area contributed by atoms with Crippen molar-refractivity contribution in [3.8, 4) is 11.8 Å². The van der Waals surface area contributed by atoms with Crippen molar-refractivity contribution >= 4 is 5.78 Å². The number of Topliss-reactive ketones (excluding diaryl/α,β-unsaturated/α-hetero) is 1. The summed E-state index contributed by atoms with van der Waals surface area (Å²) >= 11 is 0. The van der Waals surface area contributed by atoms with E-state index in [0.29, 0.717) is 19.6 Å². The second-order valence-corrected chi connectivity index (χ2v) is 3.39. The third-order valence-electron chi connectivity index (χ3n) is 1.97. The molecule has 0 fully saturated rings. The fraction of sp³-hybridized carbons (Fsp3) is 0.769. The molecule has 0 spiro atoms. The number of ketones is 1. The van der Waals surface area contributed by atoms with Gasteiger partial charge in [0.15, 0.2) is 0 Å². The molecule has 0 unspecified atom stereocenters. The molecular formula is C13H22O3. The number of carbonyl (C=O) groups excluding carboxylic acids is 1. The summed E-state index contributed by atoms with van der Waals surface area (Å²) in [6.45, 7) is 6.91. The summed E-state index contributed by atoms with van der Waals surface area (Å²) in [5, 5.41) is 0. The topological polar surface area (TPSA) is 35.5 Å². The van der Waals surface area contributed by atoms with E-state index in [0.717, 1.165) is 19.3 Å². The highest BCUT2D eigenvalue weighted by molar-refractivity contribution is 5.95. The molecule has 16 heavy (non-hydrogen) atoms. The van der Waals surface area contributed by atoms with Crippen LogP contribution in [0.15, 0.2) is 0 Å². The van der Waals surface area contributed by atoms with Crippen molar-refractivity contribution in [3.63, 3.8) is 0 Å². The van der Waals surface area contributed by atoms with E-state index in [1.54, 1.807) is 0 Å². The fourth-order valence-corrected chi connectivity index (χ4v) is 1.17. The Morgan fingerprint density at radius 1 is 1.12 bits per heavy atom. The number of rotatable bonds is 8. The van der Waals surface area contributed by atoms with Crippen LogP contribution >= 0.6 is 0 Å². The second-order valence-electron chi connectivity index (χ2n) is 3.39. The highest BCUT2D eigenvalue weighted by Gasteiger charge is 2.03. The summed E-state index contributed by atoms with van der Waals surface area (Å²) < 4.78 is 10.4. The quantitative estimate of drug-likeness (QED) is 0.276. The van der Waals surface area contributed by atoms with E-state index in [2.05, 4.69) is 18.8 Å². The van der Waals surface area contributed by atoms with Gasteiger partial charge in [-0.2, -0.15) is 0 Å². The standard InChI is InChI=1S/C13H22O3/c1-4-7-8-9-12(14)10-11-13(15-5-2)16-6-3/h13H,4-9H2,1-3H3. The average molecular weight is 226 g/mol. The summed E-state index contributed by atoms with van der Waals surface area (Å²) in [5.74, 6) is 5.25. The molecule has 0 aromatic rings. The van der Waals surface area contributed by atoms with Gasteiger partial charge in [-0.1, -0.05) is 19.8 Å². The number of unbranched alkanes of at least 4 members (excludes halogenated alkanes) is 2. The predicted octanol–water partition coefficient (Wildman–Crippen LogP) is 2.54. The van der Waals surface area contributed by atoms with E-state index in [1.165, 1.54) is 0 Å². The van der Waals surface area contributed by atoms with Gasteiger partial charge >= 0.3 is 0 Å². The first kappa shape index (κ1) is 15.2. The molecule has 0 rings (SSSR count). The maximum absolute atomic E-state index is 11.3. The molecule has 0 atom stereocenters. The zero-order valence-corrected chi connectivity index (χ0v) is 10.5. The maximum atomic E-state index is 11.3. The van der Waals surface area contributed by atoms with Crippen LogP contribution in [0.2, 0.25) is 0 Å². The maximum Gasteiger partial charge on any atom is 0.222 e. The minimum Gasteiger partial charge on any atom is -0.342 e. The lowest BCUT2D eigenvalue weighted by atomic mass is 10.1. The van der Waals surface area contributed by atoms with Crippen LogP contribution in [0.3, 0.4) is 0 Å². The van der Waals surface area contributed by atoms with Crippen molar-refractivity contribution in [1.82, 2.24) is 0 Å². The number of carbonyl (C=O) groups is 1. The van der Waals surface area contributed by atoms with Crippen molar-refractivity contribution in [2.75, 3.05) is 13.2 Å². The van der Waals surface area contributed by atoms with Crippen molar-refractivity contribution in [2.24, 2.45) is 0 Å². The Balaban J connectivity index is 3.95. The normalized spacial score (nSPS) is 10.0. The first-order valence-electron chi connectivity index (χ1n) is 6.02. The molecule has 0 aliphatic heterocycles. The molecule has 0 saturated carbocycles. The van der Waals surface area contributed by atoms with Gasteiger partial charge in [0.2, 0.25) is 12.1 Å². The third-order valence-corrected chi connectivity index (χ3v) is 1.97. The summed E-state index contributed by atoms with van der Waals surface area (Å²) in [5.41, 5.74) is 0.